The number of hydrogen-bond donors (Lipinski definition) is 2. The van der Waals surface area contributed by atoms with E-state index in [1.54, 1.807) is 37.6 Å². The van der Waals surface area contributed by atoms with E-state index in [1.807, 2.05) is 0 Å². The third-order valence-corrected chi connectivity index (χ3v) is 3.71. The van der Waals surface area contributed by atoms with Crippen LogP contribution in [0.1, 0.15) is 5.56 Å². The summed E-state index contributed by atoms with van der Waals surface area (Å²) in [4.78, 5) is 23.6. The van der Waals surface area contributed by atoms with E-state index in [9.17, 15) is 14.7 Å². The molecule has 3 N–H and O–H groups in total. The Morgan fingerprint density at radius 3 is 2.58 bits per heavy atom. The van der Waals surface area contributed by atoms with E-state index >= 15 is 0 Å². The molecular formula is C16H16N4O4. The Labute approximate surface area is 136 Å². The van der Waals surface area contributed by atoms with Crippen molar-refractivity contribution in [3.05, 3.63) is 52.6 Å². The Hall–Kier alpha value is -3.13. The maximum absolute atomic E-state index is 12.6. The Balaban J connectivity index is 2.20. The molecule has 0 aliphatic heterocycles. The van der Waals surface area contributed by atoms with Crippen LogP contribution in [0.2, 0.25) is 0 Å². The Morgan fingerprint density at radius 2 is 2.00 bits per heavy atom. The molecule has 124 valence electrons. The number of carbonyl (C=O) groups is 1. The van der Waals surface area contributed by atoms with Gasteiger partial charge in [0.1, 0.15) is 17.8 Å². The van der Waals surface area contributed by atoms with E-state index in [0.717, 1.165) is 5.56 Å². The fraction of sp³-hybridized carbons (Fsp3) is 0.188. The van der Waals surface area contributed by atoms with Gasteiger partial charge in [0, 0.05) is 23.5 Å². The van der Waals surface area contributed by atoms with Gasteiger partial charge >= 0.3 is 0 Å². The summed E-state index contributed by atoms with van der Waals surface area (Å²) in [5.74, 6) is 0.0683. The van der Waals surface area contributed by atoms with E-state index in [2.05, 4.69) is 5.10 Å². The van der Waals surface area contributed by atoms with Crippen LogP contribution in [0, 0.1) is 0 Å². The molecule has 0 saturated carbocycles. The molecule has 2 aromatic heterocycles. The molecule has 24 heavy (non-hydrogen) atoms. The quantitative estimate of drug-likeness (QED) is 0.692. The second kappa shape index (κ2) is 6.17. The number of methoxy groups -OCH3 is 1. The van der Waals surface area contributed by atoms with Gasteiger partial charge in [-0.3, -0.25) is 9.59 Å². The predicted octanol–water partition coefficient (Wildman–Crippen LogP) is 0.149. The van der Waals surface area contributed by atoms with Crippen molar-refractivity contribution in [3.63, 3.8) is 0 Å². The summed E-state index contributed by atoms with van der Waals surface area (Å²) in [6.45, 7) is -0.593. The van der Waals surface area contributed by atoms with Gasteiger partial charge in [-0.1, -0.05) is 0 Å². The van der Waals surface area contributed by atoms with Crippen molar-refractivity contribution in [1.82, 2.24) is 14.2 Å². The molecule has 0 atom stereocenters. The highest BCUT2D eigenvalue weighted by molar-refractivity contribution is 5.75. The van der Waals surface area contributed by atoms with Crippen LogP contribution in [0.3, 0.4) is 0 Å². The largest absolute Gasteiger partial charge is 0.497 e. The molecule has 2 heterocycles. The number of nitrogens with two attached hydrogens (primary N) is 1. The van der Waals surface area contributed by atoms with Crippen molar-refractivity contribution in [2.24, 2.45) is 5.73 Å². The number of amides is 1. The minimum atomic E-state index is -0.623. The molecule has 0 bridgehead atoms. The second-order valence-electron chi connectivity index (χ2n) is 5.20. The third kappa shape index (κ3) is 2.63. The van der Waals surface area contributed by atoms with Gasteiger partial charge in [0.25, 0.3) is 5.56 Å². The molecule has 1 aromatic carbocycles. The van der Waals surface area contributed by atoms with Gasteiger partial charge in [-0.25, -0.2) is 4.52 Å². The highest BCUT2D eigenvalue weighted by Crippen LogP contribution is 2.26. The normalized spacial score (nSPS) is 10.9. The Kier molecular flexibility index (Phi) is 4.05. The first kappa shape index (κ1) is 15.8. The molecule has 0 aliphatic carbocycles. The molecule has 0 radical (unpaired) electrons. The van der Waals surface area contributed by atoms with Crippen LogP contribution in [0.4, 0.5) is 0 Å². The molecule has 0 unspecified atom stereocenters. The van der Waals surface area contributed by atoms with Crippen LogP contribution in [0.25, 0.3) is 16.8 Å². The molecule has 1 amide bonds. The standard InChI is InChI=1S/C16H16N4O4/c1-24-11-4-2-10(3-5-11)14-12(9-21)15-16(23)19(8-13(17)22)6-7-20(15)18-14/h2-7,21H,8-9H2,1H3,(H2,17,22). The number of ether oxygens (including phenoxy) is 1. The fourth-order valence-electron chi connectivity index (χ4n) is 2.57. The average molecular weight is 328 g/mol. The minimum Gasteiger partial charge on any atom is -0.497 e. The van der Waals surface area contributed by atoms with Crippen molar-refractivity contribution in [2.75, 3.05) is 7.11 Å². The SMILES string of the molecule is COc1ccc(-c2nn3ccn(CC(N)=O)c(=O)c3c2CO)cc1. The van der Waals surface area contributed by atoms with Crippen molar-refractivity contribution < 1.29 is 14.6 Å². The summed E-state index contributed by atoms with van der Waals surface area (Å²) in [5.41, 5.74) is 6.55. The van der Waals surface area contributed by atoms with Crippen molar-refractivity contribution in [3.8, 4) is 17.0 Å². The number of rotatable bonds is 5. The average Bonchev–Trinajstić information content (AvgIpc) is 2.96. The molecular weight excluding hydrogens is 312 g/mol. The number of aliphatic hydroxyl groups excluding tert-OH is 1. The maximum atomic E-state index is 12.6. The number of aromatic nitrogens is 3. The smallest absolute Gasteiger partial charge is 0.277 e. The zero-order chi connectivity index (χ0) is 17.3. The highest BCUT2D eigenvalue weighted by atomic mass is 16.5. The lowest BCUT2D eigenvalue weighted by atomic mass is 10.1. The number of primary amides is 1. The van der Waals surface area contributed by atoms with Gasteiger partial charge in [-0.15, -0.1) is 0 Å². The molecule has 8 nitrogen and oxygen atoms in total. The van der Waals surface area contributed by atoms with E-state index in [0.29, 0.717) is 17.0 Å². The van der Waals surface area contributed by atoms with Gasteiger partial charge in [0.2, 0.25) is 5.91 Å². The maximum Gasteiger partial charge on any atom is 0.277 e. The van der Waals surface area contributed by atoms with Gasteiger partial charge in [-0.2, -0.15) is 5.10 Å². The fourth-order valence-corrected chi connectivity index (χ4v) is 2.57. The molecule has 8 heteroatoms. The summed E-state index contributed by atoms with van der Waals surface area (Å²) in [5, 5.41) is 14.1. The van der Waals surface area contributed by atoms with Crippen molar-refractivity contribution in [1.29, 1.82) is 0 Å². The lowest BCUT2D eigenvalue weighted by Crippen LogP contribution is -2.28. The lowest BCUT2D eigenvalue weighted by molar-refractivity contribution is -0.118. The number of nitrogens with zero attached hydrogens (tertiary/aromatic N) is 3. The van der Waals surface area contributed by atoms with Crippen LogP contribution in [0.5, 0.6) is 5.75 Å². The number of fused-ring (bicyclic) bond motifs is 1. The zero-order valence-electron chi connectivity index (χ0n) is 13.0. The molecule has 3 aromatic rings. The lowest BCUT2D eigenvalue weighted by Gasteiger charge is -2.04. The summed E-state index contributed by atoms with van der Waals surface area (Å²) < 4.78 is 7.70. The Morgan fingerprint density at radius 1 is 1.29 bits per heavy atom. The van der Waals surface area contributed by atoms with Crippen LogP contribution in [-0.2, 0) is 17.9 Å². The molecule has 3 rings (SSSR count). The number of aliphatic hydroxyl groups is 1. The highest BCUT2D eigenvalue weighted by Gasteiger charge is 2.18. The number of carbonyl (C=O) groups excluding carboxylic acids is 1. The van der Waals surface area contributed by atoms with Crippen molar-refractivity contribution >= 4 is 11.4 Å². The van der Waals surface area contributed by atoms with Crippen LogP contribution < -0.4 is 16.0 Å². The third-order valence-electron chi connectivity index (χ3n) is 3.71. The molecule has 0 aliphatic rings. The molecule has 0 spiro atoms. The van der Waals surface area contributed by atoms with Crippen molar-refractivity contribution in [2.45, 2.75) is 13.2 Å². The molecule has 0 saturated heterocycles. The van der Waals surface area contributed by atoms with Gasteiger partial charge < -0.3 is 20.1 Å². The summed E-state index contributed by atoms with van der Waals surface area (Å²) in [6.07, 6.45) is 2.98. The predicted molar refractivity (Wildman–Crippen MR) is 86.6 cm³/mol. The number of hydrogen-bond acceptors (Lipinski definition) is 5. The van der Waals surface area contributed by atoms with E-state index < -0.39 is 11.5 Å². The van der Waals surface area contributed by atoms with Crippen LogP contribution >= 0.6 is 0 Å². The minimum absolute atomic E-state index is 0.215. The van der Waals surface area contributed by atoms with Gasteiger partial charge in [0.05, 0.1) is 19.4 Å². The first-order valence-corrected chi connectivity index (χ1v) is 7.19. The topological polar surface area (TPSA) is 112 Å². The van der Waals surface area contributed by atoms with E-state index in [4.69, 9.17) is 10.5 Å². The number of benzene rings is 1. The van der Waals surface area contributed by atoms with Gasteiger partial charge in [-0.05, 0) is 24.3 Å². The zero-order valence-corrected chi connectivity index (χ0v) is 13.0. The molecule has 0 fully saturated rings. The Bertz CT molecular complexity index is 957. The van der Waals surface area contributed by atoms with Gasteiger partial charge in [0.15, 0.2) is 0 Å². The summed E-state index contributed by atoms with van der Waals surface area (Å²) >= 11 is 0. The van der Waals surface area contributed by atoms with E-state index in [-0.39, 0.29) is 18.7 Å². The summed E-state index contributed by atoms with van der Waals surface area (Å²) in [6, 6.07) is 7.13. The van der Waals surface area contributed by atoms with Crippen LogP contribution in [0.15, 0.2) is 41.5 Å². The second-order valence-corrected chi connectivity index (χ2v) is 5.20. The first-order chi connectivity index (χ1) is 11.5. The first-order valence-electron chi connectivity index (χ1n) is 7.19. The van der Waals surface area contributed by atoms with Crippen LogP contribution in [-0.4, -0.2) is 32.3 Å². The summed E-state index contributed by atoms with van der Waals surface area (Å²) in [7, 11) is 1.57. The monoisotopic (exact) mass is 328 g/mol. The van der Waals surface area contributed by atoms with E-state index in [1.165, 1.54) is 15.3 Å².